The Bertz CT molecular complexity index is 1560. The summed E-state index contributed by atoms with van der Waals surface area (Å²) in [6.45, 7) is -0.708. The fourth-order valence-corrected chi connectivity index (χ4v) is 6.56. The molecule has 0 radical (unpaired) electrons. The summed E-state index contributed by atoms with van der Waals surface area (Å²) in [7, 11) is 0. The highest BCUT2D eigenvalue weighted by atomic mass is 32.2. The number of carbonyl (C=O) groups excluding carboxylic acids is 1. The highest BCUT2D eigenvalue weighted by molar-refractivity contribution is 8.30. The van der Waals surface area contributed by atoms with Crippen molar-refractivity contribution in [1.29, 1.82) is 0 Å². The van der Waals surface area contributed by atoms with Gasteiger partial charge in [-0.2, -0.15) is 0 Å². The van der Waals surface area contributed by atoms with Crippen LogP contribution in [-0.4, -0.2) is 64.0 Å². The molecule has 0 atom stereocenters. The summed E-state index contributed by atoms with van der Waals surface area (Å²) in [5.41, 5.74) is -1.48. The summed E-state index contributed by atoms with van der Waals surface area (Å²) < 4.78 is 1.57. The highest BCUT2D eigenvalue weighted by Gasteiger charge is 2.35. The monoisotopic (exact) mass is 531 g/mol. The largest absolute Gasteiger partial charge is 0.480 e. The van der Waals surface area contributed by atoms with Gasteiger partial charge >= 0.3 is 17.9 Å². The number of thioether (sulfide) groups is 1. The van der Waals surface area contributed by atoms with Crippen LogP contribution in [0.1, 0.15) is 6.92 Å². The van der Waals surface area contributed by atoms with Gasteiger partial charge in [-0.15, -0.1) is 22.7 Å². The summed E-state index contributed by atoms with van der Waals surface area (Å²) in [5, 5.41) is 27.5. The first-order valence-electron chi connectivity index (χ1n) is 8.79. The van der Waals surface area contributed by atoms with Crippen LogP contribution in [0.15, 0.2) is 9.59 Å². The van der Waals surface area contributed by atoms with Crippen LogP contribution in [0.4, 0.5) is 0 Å². The Hall–Kier alpha value is -3.08. The lowest BCUT2D eigenvalue weighted by Gasteiger charge is -2.10. The molecule has 3 rings (SSSR count). The van der Waals surface area contributed by atoms with Crippen molar-refractivity contribution in [1.82, 2.24) is 14.0 Å². The van der Waals surface area contributed by atoms with E-state index in [1.54, 1.807) is 6.92 Å². The molecule has 0 spiro atoms. The number of carbonyl (C=O) groups is 4. The molecule has 0 aromatic carbocycles. The zero-order chi connectivity index (χ0) is 24.6. The van der Waals surface area contributed by atoms with Crippen molar-refractivity contribution in [2.24, 2.45) is 0 Å². The number of carboxylic acids is 3. The molecule has 33 heavy (non-hydrogen) atoms. The number of thiocarbonyl (C=S) groups is 1. The molecule has 2 aromatic rings. The van der Waals surface area contributed by atoms with Gasteiger partial charge in [0.15, 0.2) is 0 Å². The van der Waals surface area contributed by atoms with Crippen molar-refractivity contribution in [3.8, 4) is 0 Å². The summed E-state index contributed by atoms with van der Waals surface area (Å²) in [5.74, 6) is -4.84. The van der Waals surface area contributed by atoms with Gasteiger partial charge in [-0.05, 0) is 6.92 Å². The molecule has 1 saturated heterocycles. The molecule has 1 amide bonds. The molecule has 2 aromatic heterocycles. The maximum Gasteiger partial charge on any atom is 0.323 e. The van der Waals surface area contributed by atoms with E-state index in [-0.39, 0.29) is 27.6 Å². The van der Waals surface area contributed by atoms with Crippen LogP contribution in [0, 0.1) is 9.20 Å². The summed E-state index contributed by atoms with van der Waals surface area (Å²) in [6, 6.07) is 0. The molecule has 1 fully saturated rings. The molecule has 1 aliphatic heterocycles. The average molecular weight is 532 g/mol. The zero-order valence-electron chi connectivity index (χ0n) is 16.5. The minimum Gasteiger partial charge on any atom is -0.480 e. The summed E-state index contributed by atoms with van der Waals surface area (Å²) >= 11 is 7.32. The smallest absolute Gasteiger partial charge is 0.323 e. The second-order valence-electron chi connectivity index (χ2n) is 6.35. The van der Waals surface area contributed by atoms with Crippen LogP contribution in [0.3, 0.4) is 0 Å². The topological polar surface area (TPSA) is 176 Å². The van der Waals surface area contributed by atoms with E-state index in [0.29, 0.717) is 23.1 Å². The molecular weight excluding hydrogens is 518 g/mol. The first kappa shape index (κ1) is 24.6. The van der Waals surface area contributed by atoms with Gasteiger partial charge in [0.25, 0.3) is 17.0 Å². The minimum atomic E-state index is -1.39. The molecule has 0 saturated carbocycles. The number of thiazole rings is 2. The van der Waals surface area contributed by atoms with E-state index < -0.39 is 54.6 Å². The molecule has 1 aliphatic rings. The lowest BCUT2D eigenvalue weighted by Crippen LogP contribution is -2.35. The van der Waals surface area contributed by atoms with E-state index in [1.807, 2.05) is 0 Å². The standard InChI is InChI=1S/C17H13N3O9S4/c1-2-6-12(27)18(3-7(21)22)15(31-6)10-13(28)19(4-8(23)24)16(32-10)11-14(29)20(5-9(25)26)17(30)33-11/h2H,3-5H2,1H3,(H,21,22)(H,23,24)(H,25,26)/b6-2?,15-10-,16-11?. The maximum absolute atomic E-state index is 13.1. The first-order chi connectivity index (χ1) is 15.5. The van der Waals surface area contributed by atoms with Crippen molar-refractivity contribution < 1.29 is 34.5 Å². The maximum atomic E-state index is 13.1. The van der Waals surface area contributed by atoms with Gasteiger partial charge in [0.2, 0.25) is 0 Å². The van der Waals surface area contributed by atoms with Gasteiger partial charge in [-0.3, -0.25) is 42.8 Å². The van der Waals surface area contributed by atoms with E-state index in [0.717, 1.165) is 25.4 Å². The van der Waals surface area contributed by atoms with E-state index in [4.69, 9.17) is 17.3 Å². The number of amides is 1. The van der Waals surface area contributed by atoms with Crippen molar-refractivity contribution in [2.75, 3.05) is 6.54 Å². The number of aromatic nitrogens is 2. The second-order valence-corrected chi connectivity index (χ2v) is 10.0. The predicted molar refractivity (Wildman–Crippen MR) is 122 cm³/mol. The van der Waals surface area contributed by atoms with E-state index in [2.05, 4.69) is 0 Å². The third-order valence-electron chi connectivity index (χ3n) is 4.17. The van der Waals surface area contributed by atoms with E-state index >= 15 is 0 Å². The molecule has 16 heteroatoms. The minimum absolute atomic E-state index is 0.00287. The Labute approximate surface area is 199 Å². The third-order valence-corrected chi connectivity index (χ3v) is 8.30. The zero-order valence-corrected chi connectivity index (χ0v) is 19.7. The lowest BCUT2D eigenvalue weighted by molar-refractivity contribution is -0.140. The van der Waals surface area contributed by atoms with Crippen LogP contribution in [0.2, 0.25) is 0 Å². The lowest BCUT2D eigenvalue weighted by atomic mass is 10.4. The molecule has 3 heterocycles. The van der Waals surface area contributed by atoms with E-state index in [1.165, 1.54) is 6.08 Å². The first-order valence-corrected chi connectivity index (χ1v) is 11.6. The molecule has 3 N–H and O–H groups in total. The normalized spacial score (nSPS) is 17.1. The summed E-state index contributed by atoms with van der Waals surface area (Å²) in [4.78, 5) is 72.9. The Morgan fingerprint density at radius 3 is 1.94 bits per heavy atom. The van der Waals surface area contributed by atoms with Gasteiger partial charge in [0, 0.05) is 0 Å². The van der Waals surface area contributed by atoms with Crippen LogP contribution >= 0.6 is 46.7 Å². The Balaban J connectivity index is 2.49. The molecule has 174 valence electrons. The third kappa shape index (κ3) is 4.68. The van der Waals surface area contributed by atoms with Crippen molar-refractivity contribution in [2.45, 2.75) is 20.0 Å². The number of carboxylic acid groups (broad SMARTS) is 3. The van der Waals surface area contributed by atoms with Gasteiger partial charge in [-0.1, -0.05) is 30.1 Å². The van der Waals surface area contributed by atoms with Gasteiger partial charge in [0.05, 0.1) is 4.53 Å². The number of hydrogen-bond donors (Lipinski definition) is 3. The second kappa shape index (κ2) is 9.42. The molecule has 0 bridgehead atoms. The van der Waals surface area contributed by atoms with Crippen LogP contribution in [0.5, 0.6) is 0 Å². The predicted octanol–water partition coefficient (Wildman–Crippen LogP) is -1.56. The quantitative estimate of drug-likeness (QED) is 0.368. The van der Waals surface area contributed by atoms with Gasteiger partial charge in [0.1, 0.15) is 42.7 Å². The average Bonchev–Trinajstić information content (AvgIpc) is 3.29. The van der Waals surface area contributed by atoms with Crippen LogP contribution < -0.4 is 20.3 Å². The Kier molecular flexibility index (Phi) is 7.01. The number of nitrogens with zero attached hydrogens (tertiary/aromatic N) is 3. The van der Waals surface area contributed by atoms with Crippen LogP contribution in [0.25, 0.3) is 11.0 Å². The Morgan fingerprint density at radius 1 is 0.879 bits per heavy atom. The SMILES string of the molecule is CC=c1s/c(=c2\sc(=C3SC(=S)N(CC(=O)O)C3=O)n(CC(=O)O)c2=O)n(CC(=O)O)c1=O. The molecular formula is C17H13N3O9S4. The van der Waals surface area contributed by atoms with Gasteiger partial charge < -0.3 is 15.3 Å². The Morgan fingerprint density at radius 2 is 1.42 bits per heavy atom. The molecule has 12 nitrogen and oxygen atoms in total. The highest BCUT2D eigenvalue weighted by Crippen LogP contribution is 2.31. The molecule has 0 unspecified atom stereocenters. The number of aliphatic carboxylic acids is 3. The van der Waals surface area contributed by atoms with Gasteiger partial charge in [-0.25, -0.2) is 0 Å². The summed E-state index contributed by atoms with van der Waals surface area (Å²) in [6.07, 6.45) is 1.45. The van der Waals surface area contributed by atoms with Crippen molar-refractivity contribution >= 4 is 85.8 Å². The molecule has 0 aliphatic carbocycles. The number of rotatable bonds is 6. The van der Waals surface area contributed by atoms with E-state index in [9.17, 15) is 39.0 Å². The van der Waals surface area contributed by atoms with Crippen molar-refractivity contribution in [3.05, 3.63) is 39.1 Å². The fourth-order valence-electron chi connectivity index (χ4n) is 2.85. The van der Waals surface area contributed by atoms with Crippen molar-refractivity contribution in [3.63, 3.8) is 0 Å². The van der Waals surface area contributed by atoms with Crippen LogP contribution in [-0.2, 0) is 32.3 Å². The number of hydrogen-bond acceptors (Lipinski definition) is 10. The fraction of sp³-hybridized carbons (Fsp3) is 0.235.